The van der Waals surface area contributed by atoms with Gasteiger partial charge in [0.2, 0.25) is 5.82 Å². The van der Waals surface area contributed by atoms with Crippen LogP contribution in [0.2, 0.25) is 0 Å². The predicted molar refractivity (Wildman–Crippen MR) is 81.0 cm³/mol. The summed E-state index contributed by atoms with van der Waals surface area (Å²) in [6.07, 6.45) is 0. The zero-order chi connectivity index (χ0) is 13.5. The van der Waals surface area contributed by atoms with Gasteiger partial charge in [0.15, 0.2) is 0 Å². The number of hydrogen-bond acceptors (Lipinski definition) is 6. The first kappa shape index (κ1) is 11.7. The lowest BCUT2D eigenvalue weighted by Crippen LogP contribution is -1.78. The van der Waals surface area contributed by atoms with Gasteiger partial charge in [0, 0.05) is 5.56 Å². The Morgan fingerprint density at radius 3 is 2.95 bits per heavy atom. The van der Waals surface area contributed by atoms with Gasteiger partial charge in [0.05, 0.1) is 20.1 Å². The molecule has 4 aromatic rings. The molecule has 0 fully saturated rings. The first-order valence-corrected chi connectivity index (χ1v) is 7.74. The largest absolute Gasteiger partial charge is 0.334 e. The molecule has 0 aliphatic heterocycles. The third-order valence-corrected chi connectivity index (χ3v) is 4.71. The van der Waals surface area contributed by atoms with Crippen LogP contribution in [0.4, 0.5) is 0 Å². The Bertz CT molecular complexity index is 877. The summed E-state index contributed by atoms with van der Waals surface area (Å²) in [5.41, 5.74) is 1.94. The lowest BCUT2D eigenvalue weighted by Gasteiger charge is -1.93. The highest BCUT2D eigenvalue weighted by Gasteiger charge is 2.12. The summed E-state index contributed by atoms with van der Waals surface area (Å²) < 4.78 is 6.50. The molecular formula is C14H9N3OS2. The van der Waals surface area contributed by atoms with E-state index in [4.69, 9.17) is 4.52 Å². The fourth-order valence-corrected chi connectivity index (χ4v) is 3.54. The van der Waals surface area contributed by atoms with Crippen molar-refractivity contribution in [1.82, 2.24) is 15.1 Å². The van der Waals surface area contributed by atoms with Gasteiger partial charge < -0.3 is 4.52 Å². The van der Waals surface area contributed by atoms with E-state index in [-0.39, 0.29) is 0 Å². The summed E-state index contributed by atoms with van der Waals surface area (Å²) in [7, 11) is 0. The summed E-state index contributed by atoms with van der Waals surface area (Å²) in [5, 5.41) is 7.09. The predicted octanol–water partition coefficient (Wildman–Crippen LogP) is 4.38. The Kier molecular flexibility index (Phi) is 2.64. The molecule has 0 radical (unpaired) electrons. The van der Waals surface area contributed by atoms with E-state index in [0.717, 1.165) is 25.7 Å². The molecule has 0 atom stereocenters. The lowest BCUT2D eigenvalue weighted by atomic mass is 10.2. The van der Waals surface area contributed by atoms with Gasteiger partial charge >= 0.3 is 0 Å². The Hall–Kier alpha value is -2.05. The second-order valence-electron chi connectivity index (χ2n) is 4.32. The topological polar surface area (TPSA) is 51.8 Å². The summed E-state index contributed by atoms with van der Waals surface area (Å²) >= 11 is 3.26. The maximum Gasteiger partial charge on any atom is 0.258 e. The van der Waals surface area contributed by atoms with Gasteiger partial charge in [-0.2, -0.15) is 4.98 Å². The van der Waals surface area contributed by atoms with Crippen molar-refractivity contribution in [2.24, 2.45) is 0 Å². The van der Waals surface area contributed by atoms with Gasteiger partial charge in [0.25, 0.3) is 5.89 Å². The maximum absolute atomic E-state index is 5.36. The summed E-state index contributed by atoms with van der Waals surface area (Å²) in [6.45, 7) is 2.01. The van der Waals surface area contributed by atoms with Crippen LogP contribution in [0.15, 0.2) is 40.2 Å². The Labute approximate surface area is 122 Å². The number of hydrogen-bond donors (Lipinski definition) is 0. The molecule has 20 heavy (non-hydrogen) atoms. The molecule has 0 amide bonds. The normalized spacial score (nSPS) is 11.2. The van der Waals surface area contributed by atoms with Gasteiger partial charge in [-0.05, 0) is 36.6 Å². The van der Waals surface area contributed by atoms with Crippen molar-refractivity contribution in [2.45, 2.75) is 6.92 Å². The minimum absolute atomic E-state index is 0.543. The number of nitrogens with zero attached hydrogens (tertiary/aromatic N) is 3. The third kappa shape index (κ3) is 1.93. The fourth-order valence-electron chi connectivity index (χ4n) is 2.02. The minimum Gasteiger partial charge on any atom is -0.334 e. The molecule has 4 rings (SSSR count). The molecule has 0 spiro atoms. The standard InChI is InChI=1S/C14H9N3OS2/c1-8-15-10-5-4-9(7-12(10)20-8)14-16-13(17-18-14)11-3-2-6-19-11/h2-7H,1H3. The van der Waals surface area contributed by atoms with Gasteiger partial charge in [-0.25, -0.2) is 4.98 Å². The van der Waals surface area contributed by atoms with Crippen LogP contribution in [0.25, 0.3) is 32.4 Å². The van der Waals surface area contributed by atoms with Crippen molar-refractivity contribution in [1.29, 1.82) is 0 Å². The van der Waals surface area contributed by atoms with E-state index in [1.165, 1.54) is 0 Å². The average molecular weight is 299 g/mol. The molecule has 0 saturated heterocycles. The maximum atomic E-state index is 5.36. The molecule has 3 aromatic heterocycles. The van der Waals surface area contributed by atoms with Crippen LogP contribution >= 0.6 is 22.7 Å². The number of rotatable bonds is 2. The van der Waals surface area contributed by atoms with Crippen molar-refractivity contribution in [3.8, 4) is 22.2 Å². The summed E-state index contributed by atoms with van der Waals surface area (Å²) in [4.78, 5) is 9.91. The highest BCUT2D eigenvalue weighted by molar-refractivity contribution is 7.18. The van der Waals surface area contributed by atoms with E-state index >= 15 is 0 Å². The Balaban J connectivity index is 1.78. The SMILES string of the molecule is Cc1nc2ccc(-c3nc(-c4cccs4)no3)cc2s1. The van der Waals surface area contributed by atoms with Crippen molar-refractivity contribution in [3.63, 3.8) is 0 Å². The van der Waals surface area contributed by atoms with Crippen molar-refractivity contribution in [3.05, 3.63) is 40.7 Å². The number of aromatic nitrogens is 3. The molecule has 0 saturated carbocycles. The minimum atomic E-state index is 0.543. The van der Waals surface area contributed by atoms with E-state index in [2.05, 4.69) is 15.1 Å². The van der Waals surface area contributed by atoms with E-state index in [1.54, 1.807) is 22.7 Å². The molecule has 3 heterocycles. The zero-order valence-electron chi connectivity index (χ0n) is 10.5. The number of fused-ring (bicyclic) bond motifs is 1. The van der Waals surface area contributed by atoms with Crippen LogP contribution < -0.4 is 0 Å². The van der Waals surface area contributed by atoms with Crippen LogP contribution in [-0.4, -0.2) is 15.1 Å². The zero-order valence-corrected chi connectivity index (χ0v) is 12.2. The molecule has 0 N–H and O–H groups in total. The highest BCUT2D eigenvalue weighted by Crippen LogP contribution is 2.29. The Morgan fingerprint density at radius 1 is 1.15 bits per heavy atom. The van der Waals surface area contributed by atoms with Crippen LogP contribution in [0.5, 0.6) is 0 Å². The molecule has 0 aliphatic carbocycles. The quantitative estimate of drug-likeness (QED) is 0.551. The molecule has 1 aromatic carbocycles. The van der Waals surface area contributed by atoms with Crippen molar-refractivity contribution < 1.29 is 4.52 Å². The first-order valence-electron chi connectivity index (χ1n) is 6.05. The number of aryl methyl sites for hydroxylation is 1. The number of benzene rings is 1. The van der Waals surface area contributed by atoms with Crippen molar-refractivity contribution >= 4 is 32.9 Å². The smallest absolute Gasteiger partial charge is 0.258 e. The monoisotopic (exact) mass is 299 g/mol. The van der Waals surface area contributed by atoms with Gasteiger partial charge in [-0.3, -0.25) is 0 Å². The average Bonchev–Trinajstić information content (AvgIpc) is 3.17. The molecule has 6 heteroatoms. The molecular weight excluding hydrogens is 290 g/mol. The van der Waals surface area contributed by atoms with Crippen molar-refractivity contribution in [2.75, 3.05) is 0 Å². The molecule has 0 aliphatic rings. The van der Waals surface area contributed by atoms with E-state index in [1.807, 2.05) is 42.6 Å². The molecule has 0 bridgehead atoms. The van der Waals surface area contributed by atoms with Gasteiger partial charge in [-0.1, -0.05) is 11.2 Å². The second kappa shape index (κ2) is 4.50. The summed E-state index contributed by atoms with van der Waals surface area (Å²) in [6, 6.07) is 9.96. The highest BCUT2D eigenvalue weighted by atomic mass is 32.1. The van der Waals surface area contributed by atoms with Crippen LogP contribution in [0.1, 0.15) is 5.01 Å². The van der Waals surface area contributed by atoms with Crippen LogP contribution in [-0.2, 0) is 0 Å². The van der Waals surface area contributed by atoms with Gasteiger partial charge in [-0.15, -0.1) is 22.7 Å². The van der Waals surface area contributed by atoms with E-state index in [0.29, 0.717) is 11.7 Å². The lowest BCUT2D eigenvalue weighted by molar-refractivity contribution is 0.432. The van der Waals surface area contributed by atoms with E-state index < -0.39 is 0 Å². The number of thiazole rings is 1. The first-order chi connectivity index (χ1) is 9.79. The number of thiophene rings is 1. The molecule has 0 unspecified atom stereocenters. The summed E-state index contributed by atoms with van der Waals surface area (Å²) in [5.74, 6) is 1.18. The Morgan fingerprint density at radius 2 is 2.10 bits per heavy atom. The van der Waals surface area contributed by atoms with Crippen LogP contribution in [0.3, 0.4) is 0 Å². The van der Waals surface area contributed by atoms with Crippen LogP contribution in [0, 0.1) is 6.92 Å². The third-order valence-electron chi connectivity index (χ3n) is 2.91. The second-order valence-corrected chi connectivity index (χ2v) is 6.50. The fraction of sp³-hybridized carbons (Fsp3) is 0.0714. The molecule has 4 nitrogen and oxygen atoms in total. The molecule has 98 valence electrons. The van der Waals surface area contributed by atoms with E-state index in [9.17, 15) is 0 Å². The van der Waals surface area contributed by atoms with Gasteiger partial charge in [0.1, 0.15) is 0 Å².